The van der Waals surface area contributed by atoms with E-state index in [1.54, 1.807) is 43.3 Å². The number of hydrogen-bond acceptors (Lipinski definition) is 2. The van der Waals surface area contributed by atoms with E-state index in [4.69, 9.17) is 0 Å². The van der Waals surface area contributed by atoms with Crippen LogP contribution in [0.3, 0.4) is 0 Å². The molecule has 0 aromatic heterocycles. The molecule has 0 saturated carbocycles. The Morgan fingerprint density at radius 3 is 2.11 bits per heavy atom. The molecule has 0 fully saturated rings. The molecule has 148 valence electrons. The summed E-state index contributed by atoms with van der Waals surface area (Å²) in [6.07, 6.45) is 0. The highest BCUT2D eigenvalue weighted by Crippen LogP contribution is 2.32. The average molecular weight is 406 g/mol. The molecule has 0 aliphatic heterocycles. The van der Waals surface area contributed by atoms with Gasteiger partial charge in [0.25, 0.3) is 0 Å². The molecule has 0 saturated heterocycles. The van der Waals surface area contributed by atoms with Crippen LogP contribution in [0.5, 0.6) is 0 Å². The molecule has 0 aliphatic rings. The Labute approximate surface area is 165 Å². The smallest absolute Gasteiger partial charge is 0.184 e. The van der Waals surface area contributed by atoms with Gasteiger partial charge in [0.15, 0.2) is 11.6 Å². The zero-order valence-corrected chi connectivity index (χ0v) is 16.5. The first-order valence-electron chi connectivity index (χ1n) is 8.70. The maximum absolute atomic E-state index is 14.3. The van der Waals surface area contributed by atoms with Crippen LogP contribution in [0.1, 0.15) is 19.4 Å². The average Bonchev–Trinajstić information content (AvgIpc) is 2.71. The molecular formula is C21H21F3N2OS. The van der Waals surface area contributed by atoms with E-state index in [0.29, 0.717) is 10.5 Å². The van der Waals surface area contributed by atoms with Gasteiger partial charge in [-0.2, -0.15) is 0 Å². The summed E-state index contributed by atoms with van der Waals surface area (Å²) in [5, 5.41) is 2.55. The van der Waals surface area contributed by atoms with Crippen molar-refractivity contribution in [1.29, 1.82) is 0 Å². The van der Waals surface area contributed by atoms with Crippen LogP contribution >= 0.6 is 0 Å². The van der Waals surface area contributed by atoms with Crippen LogP contribution < -0.4 is 10.0 Å². The second-order valence-corrected chi connectivity index (χ2v) is 6.79. The lowest BCUT2D eigenvalue weighted by Gasteiger charge is -2.15. The normalized spacial score (nSPS) is 11.2. The van der Waals surface area contributed by atoms with Crippen LogP contribution in [0, 0.1) is 24.4 Å². The van der Waals surface area contributed by atoms with Gasteiger partial charge in [-0.15, -0.1) is 0 Å². The van der Waals surface area contributed by atoms with Crippen LogP contribution in [0.25, 0.3) is 0 Å². The fourth-order valence-corrected chi connectivity index (χ4v) is 3.21. The molecule has 0 aliphatic carbocycles. The van der Waals surface area contributed by atoms with E-state index in [0.717, 1.165) is 6.07 Å². The van der Waals surface area contributed by atoms with Gasteiger partial charge in [-0.1, -0.05) is 38.1 Å². The fraction of sp³-hybridized carbons (Fsp3) is 0.143. The van der Waals surface area contributed by atoms with Crippen molar-refractivity contribution < 1.29 is 17.4 Å². The molecule has 7 heteroatoms. The maximum Gasteiger partial charge on any atom is 0.184 e. The number of aryl methyl sites for hydroxylation is 1. The summed E-state index contributed by atoms with van der Waals surface area (Å²) in [4.78, 5) is 0.463. The van der Waals surface area contributed by atoms with Gasteiger partial charge in [-0.25, -0.2) is 17.4 Å². The van der Waals surface area contributed by atoms with Gasteiger partial charge in [0.05, 0.1) is 16.3 Å². The minimum absolute atomic E-state index is 0.0198. The highest BCUT2D eigenvalue weighted by atomic mass is 32.2. The van der Waals surface area contributed by atoms with E-state index in [2.05, 4.69) is 10.0 Å². The summed E-state index contributed by atoms with van der Waals surface area (Å²) >= 11 is 0. The van der Waals surface area contributed by atoms with E-state index in [-0.39, 0.29) is 17.1 Å². The standard InChI is InChI=1S/C19H15F3N2OS.C2H6/c1-12-7-9-16(15(21)11-12)23-19-17(10-8-14(20)18(19)22)24-26(25)13-5-3-2-4-6-13;1-2/h2-11,23-24H,1H3;1-2H3. The number of rotatable bonds is 5. The minimum atomic E-state index is -1.70. The summed E-state index contributed by atoms with van der Waals surface area (Å²) in [5.74, 6) is -2.90. The molecule has 28 heavy (non-hydrogen) atoms. The van der Waals surface area contributed by atoms with Crippen LogP contribution in [-0.2, 0) is 11.0 Å². The third kappa shape index (κ3) is 5.13. The molecule has 0 spiro atoms. The first-order valence-corrected chi connectivity index (χ1v) is 9.85. The molecule has 0 heterocycles. The van der Waals surface area contributed by atoms with Crippen molar-refractivity contribution in [1.82, 2.24) is 0 Å². The highest BCUT2D eigenvalue weighted by Gasteiger charge is 2.17. The molecule has 3 aromatic rings. The zero-order chi connectivity index (χ0) is 20.7. The van der Waals surface area contributed by atoms with Gasteiger partial charge in [0, 0.05) is 0 Å². The minimum Gasteiger partial charge on any atom is -0.349 e. The first-order chi connectivity index (χ1) is 13.5. The summed E-state index contributed by atoms with van der Waals surface area (Å²) in [5.41, 5.74) is 0.396. The Kier molecular flexibility index (Phi) is 7.63. The molecule has 0 radical (unpaired) electrons. The molecule has 0 bridgehead atoms. The molecule has 3 rings (SSSR count). The Balaban J connectivity index is 0.00000136. The second-order valence-electron chi connectivity index (χ2n) is 5.58. The van der Waals surface area contributed by atoms with Crippen molar-refractivity contribution in [2.24, 2.45) is 0 Å². The number of hydrogen-bond donors (Lipinski definition) is 2. The Bertz CT molecular complexity index is 965. The molecule has 1 unspecified atom stereocenters. The van der Waals surface area contributed by atoms with E-state index < -0.39 is 28.4 Å². The second kappa shape index (κ2) is 9.94. The van der Waals surface area contributed by atoms with Gasteiger partial charge in [-0.05, 0) is 48.9 Å². The Morgan fingerprint density at radius 1 is 0.821 bits per heavy atom. The van der Waals surface area contributed by atoms with Crippen molar-refractivity contribution >= 4 is 28.0 Å². The number of halogens is 3. The molecule has 2 N–H and O–H groups in total. The van der Waals surface area contributed by atoms with Crippen LogP contribution in [0.2, 0.25) is 0 Å². The Morgan fingerprint density at radius 2 is 1.46 bits per heavy atom. The van der Waals surface area contributed by atoms with Crippen LogP contribution in [0.15, 0.2) is 65.6 Å². The lowest BCUT2D eigenvalue weighted by molar-refractivity contribution is 0.512. The topological polar surface area (TPSA) is 41.1 Å². The molecule has 3 aromatic carbocycles. The van der Waals surface area contributed by atoms with Crippen molar-refractivity contribution in [2.75, 3.05) is 10.0 Å². The molecule has 1 atom stereocenters. The predicted octanol–water partition coefficient (Wildman–Crippen LogP) is 6.32. The third-order valence-electron chi connectivity index (χ3n) is 3.64. The SMILES string of the molecule is CC.Cc1ccc(Nc2c(NS(=O)c3ccccc3)ccc(F)c2F)c(F)c1. The number of benzene rings is 3. The summed E-state index contributed by atoms with van der Waals surface area (Å²) in [6.45, 7) is 5.71. The van der Waals surface area contributed by atoms with E-state index >= 15 is 0 Å². The summed E-state index contributed by atoms with van der Waals surface area (Å²) in [7, 11) is -1.70. The quantitative estimate of drug-likeness (QED) is 0.521. The molecule has 0 amide bonds. The maximum atomic E-state index is 14.3. The third-order valence-corrected chi connectivity index (χ3v) is 4.74. The molecule has 3 nitrogen and oxygen atoms in total. The summed E-state index contributed by atoms with van der Waals surface area (Å²) in [6, 6.07) is 14.9. The monoisotopic (exact) mass is 406 g/mol. The van der Waals surface area contributed by atoms with Crippen molar-refractivity contribution in [2.45, 2.75) is 25.7 Å². The zero-order valence-electron chi connectivity index (χ0n) is 15.7. The number of nitrogens with one attached hydrogen (secondary N) is 2. The van der Waals surface area contributed by atoms with Crippen molar-refractivity contribution in [3.8, 4) is 0 Å². The molecular weight excluding hydrogens is 385 g/mol. The largest absolute Gasteiger partial charge is 0.349 e. The van der Waals surface area contributed by atoms with Gasteiger partial charge in [-0.3, -0.25) is 4.72 Å². The van der Waals surface area contributed by atoms with Crippen molar-refractivity contribution in [3.05, 3.63) is 83.7 Å². The first kappa shape index (κ1) is 21.5. The highest BCUT2D eigenvalue weighted by molar-refractivity contribution is 7.86. The van der Waals surface area contributed by atoms with Gasteiger partial charge < -0.3 is 5.32 Å². The fourth-order valence-electron chi connectivity index (χ4n) is 2.32. The van der Waals surface area contributed by atoms with Gasteiger partial charge >= 0.3 is 0 Å². The van der Waals surface area contributed by atoms with Gasteiger partial charge in [0.2, 0.25) is 0 Å². The Hall–Kier alpha value is -2.80. The van der Waals surface area contributed by atoms with E-state index in [1.807, 2.05) is 13.8 Å². The predicted molar refractivity (Wildman–Crippen MR) is 109 cm³/mol. The lowest BCUT2D eigenvalue weighted by atomic mass is 10.2. The van der Waals surface area contributed by atoms with Crippen LogP contribution in [0.4, 0.5) is 30.2 Å². The van der Waals surface area contributed by atoms with Gasteiger partial charge in [0.1, 0.15) is 22.5 Å². The van der Waals surface area contributed by atoms with E-state index in [1.165, 1.54) is 18.2 Å². The van der Waals surface area contributed by atoms with Crippen LogP contribution in [-0.4, -0.2) is 4.21 Å². The number of anilines is 3. The lowest BCUT2D eigenvalue weighted by Crippen LogP contribution is -2.09. The summed E-state index contributed by atoms with van der Waals surface area (Å²) < 4.78 is 57.1. The van der Waals surface area contributed by atoms with Crippen molar-refractivity contribution in [3.63, 3.8) is 0 Å². The van der Waals surface area contributed by atoms with E-state index in [9.17, 15) is 17.4 Å².